The fourth-order valence-electron chi connectivity index (χ4n) is 3.64. The fraction of sp³-hybridized carbons (Fsp3) is 0.409. The molecule has 0 fully saturated rings. The first-order valence-electron chi connectivity index (χ1n) is 9.69. The monoisotopic (exact) mass is 448 g/mol. The van der Waals surface area contributed by atoms with E-state index in [1.165, 1.54) is 11.8 Å². The zero-order valence-corrected chi connectivity index (χ0v) is 19.6. The van der Waals surface area contributed by atoms with Crippen LogP contribution < -0.4 is 14.4 Å². The number of sulfonamides is 1. The van der Waals surface area contributed by atoms with Gasteiger partial charge in [0.15, 0.2) is 0 Å². The van der Waals surface area contributed by atoms with E-state index in [4.69, 9.17) is 4.74 Å². The number of hydrogen-bond donors (Lipinski definition) is 1. The maximum atomic E-state index is 12.9. The van der Waals surface area contributed by atoms with Gasteiger partial charge in [-0.05, 0) is 51.3 Å². The molecule has 0 bridgehead atoms. The van der Waals surface area contributed by atoms with E-state index in [-0.39, 0.29) is 18.5 Å². The summed E-state index contributed by atoms with van der Waals surface area (Å²) in [4.78, 5) is 13.9. The zero-order chi connectivity index (χ0) is 22.1. The number of benzene rings is 2. The maximum absolute atomic E-state index is 12.9. The number of hydrogen-bond acceptors (Lipinski definition) is 5. The summed E-state index contributed by atoms with van der Waals surface area (Å²) < 4.78 is 32.0. The highest BCUT2D eigenvalue weighted by atomic mass is 32.2. The molecule has 0 aromatic heterocycles. The van der Waals surface area contributed by atoms with Gasteiger partial charge in [0.1, 0.15) is 17.9 Å². The van der Waals surface area contributed by atoms with Gasteiger partial charge in [0.2, 0.25) is 15.9 Å². The first-order chi connectivity index (χ1) is 14.0. The van der Waals surface area contributed by atoms with Crippen LogP contribution in [0, 0.1) is 6.92 Å². The van der Waals surface area contributed by atoms with Crippen molar-refractivity contribution in [3.8, 4) is 5.75 Å². The zero-order valence-electron chi connectivity index (χ0n) is 17.9. The molecule has 6 nitrogen and oxygen atoms in total. The number of aryl methyl sites for hydroxylation is 1. The number of amides is 1. The van der Waals surface area contributed by atoms with Gasteiger partial charge < -0.3 is 10.1 Å². The number of rotatable bonds is 6. The molecule has 1 amide bonds. The molecule has 3 rings (SSSR count). The predicted octanol–water partition coefficient (Wildman–Crippen LogP) is 3.90. The Balaban J connectivity index is 1.85. The SMILES string of the molecule is CSc1cccc(N(CC(=O)N[C@H]2CC(C)(C)Oc3ccc(C)cc32)S(C)(=O)=O)c1. The normalized spacial score (nSPS) is 17.6. The molecule has 1 heterocycles. The van der Waals surface area contributed by atoms with Crippen LogP contribution in [0.2, 0.25) is 0 Å². The summed E-state index contributed by atoms with van der Waals surface area (Å²) in [5, 5.41) is 3.03. The summed E-state index contributed by atoms with van der Waals surface area (Å²) >= 11 is 1.52. The number of nitrogens with one attached hydrogen (secondary N) is 1. The number of fused-ring (bicyclic) bond motifs is 1. The standard InChI is InChI=1S/C22H28N2O4S2/c1-15-9-10-20-18(11-15)19(13-22(2,3)28-20)23-21(25)14-24(30(5,26)27)16-7-6-8-17(12-16)29-4/h6-12,19H,13-14H2,1-5H3,(H,23,25)/t19-/m0/s1. The molecule has 162 valence electrons. The predicted molar refractivity (Wildman–Crippen MR) is 122 cm³/mol. The van der Waals surface area contributed by atoms with E-state index in [2.05, 4.69) is 5.32 Å². The Kier molecular flexibility index (Phi) is 6.38. The number of carbonyl (C=O) groups excluding carboxylic acids is 1. The lowest BCUT2D eigenvalue weighted by Crippen LogP contribution is -2.45. The topological polar surface area (TPSA) is 75.7 Å². The van der Waals surface area contributed by atoms with Crippen LogP contribution in [0.25, 0.3) is 0 Å². The van der Waals surface area contributed by atoms with Crippen molar-refractivity contribution in [3.63, 3.8) is 0 Å². The number of nitrogens with zero attached hydrogens (tertiary/aromatic N) is 1. The fourth-order valence-corrected chi connectivity index (χ4v) is 4.94. The van der Waals surface area contributed by atoms with E-state index in [0.717, 1.165) is 32.3 Å². The van der Waals surface area contributed by atoms with E-state index in [0.29, 0.717) is 12.1 Å². The number of thioether (sulfide) groups is 1. The molecule has 0 saturated carbocycles. The third-order valence-electron chi connectivity index (χ3n) is 4.99. The third-order valence-corrected chi connectivity index (χ3v) is 6.85. The minimum absolute atomic E-state index is 0.255. The second-order valence-electron chi connectivity index (χ2n) is 8.20. The quantitative estimate of drug-likeness (QED) is 0.679. The van der Waals surface area contributed by atoms with Crippen molar-refractivity contribution in [2.75, 3.05) is 23.4 Å². The van der Waals surface area contributed by atoms with Gasteiger partial charge in [0.25, 0.3) is 0 Å². The second kappa shape index (κ2) is 8.51. The van der Waals surface area contributed by atoms with Crippen molar-refractivity contribution in [1.29, 1.82) is 0 Å². The minimum Gasteiger partial charge on any atom is -0.487 e. The molecular formula is C22H28N2O4S2. The lowest BCUT2D eigenvalue weighted by molar-refractivity contribution is -0.120. The molecule has 2 aromatic carbocycles. The Labute approximate surface area is 183 Å². The van der Waals surface area contributed by atoms with Crippen molar-refractivity contribution in [1.82, 2.24) is 5.32 Å². The molecule has 0 saturated heterocycles. The van der Waals surface area contributed by atoms with Crippen molar-refractivity contribution in [3.05, 3.63) is 53.6 Å². The van der Waals surface area contributed by atoms with Crippen LogP contribution in [-0.2, 0) is 14.8 Å². The Morgan fingerprint density at radius 3 is 2.67 bits per heavy atom. The average Bonchev–Trinajstić information content (AvgIpc) is 2.65. The van der Waals surface area contributed by atoms with Gasteiger partial charge in [-0.1, -0.05) is 23.8 Å². The van der Waals surface area contributed by atoms with Crippen molar-refractivity contribution >= 4 is 33.4 Å². The highest BCUT2D eigenvalue weighted by molar-refractivity contribution is 7.98. The van der Waals surface area contributed by atoms with E-state index >= 15 is 0 Å². The van der Waals surface area contributed by atoms with Crippen LogP contribution in [0.4, 0.5) is 5.69 Å². The van der Waals surface area contributed by atoms with Crippen molar-refractivity contribution in [2.24, 2.45) is 0 Å². The third kappa shape index (κ3) is 5.29. The summed E-state index contributed by atoms with van der Waals surface area (Å²) in [6, 6.07) is 12.8. The van der Waals surface area contributed by atoms with Crippen molar-refractivity contribution < 1.29 is 17.9 Å². The first-order valence-corrected chi connectivity index (χ1v) is 12.8. The summed E-state index contributed by atoms with van der Waals surface area (Å²) in [6.45, 7) is 5.66. The van der Waals surface area contributed by atoms with Gasteiger partial charge in [0.05, 0.1) is 18.0 Å². The molecule has 1 aliphatic heterocycles. The number of carbonyl (C=O) groups is 1. The van der Waals surface area contributed by atoms with Crippen LogP contribution in [0.5, 0.6) is 5.75 Å². The van der Waals surface area contributed by atoms with Crippen LogP contribution in [0.1, 0.15) is 37.4 Å². The average molecular weight is 449 g/mol. The molecule has 0 radical (unpaired) electrons. The van der Waals surface area contributed by atoms with Crippen LogP contribution in [0.15, 0.2) is 47.4 Å². The minimum atomic E-state index is -3.63. The molecule has 2 aromatic rings. The van der Waals surface area contributed by atoms with Gasteiger partial charge in [0, 0.05) is 16.9 Å². The van der Waals surface area contributed by atoms with Crippen LogP contribution in [-0.4, -0.2) is 39.0 Å². The molecule has 0 spiro atoms. The maximum Gasteiger partial charge on any atom is 0.241 e. The Bertz CT molecular complexity index is 1050. The van der Waals surface area contributed by atoms with Gasteiger partial charge in [-0.15, -0.1) is 11.8 Å². The summed E-state index contributed by atoms with van der Waals surface area (Å²) in [7, 11) is -3.63. The highest BCUT2D eigenvalue weighted by Gasteiger charge is 2.35. The summed E-state index contributed by atoms with van der Waals surface area (Å²) in [6.07, 6.45) is 3.63. The van der Waals surface area contributed by atoms with Gasteiger partial charge in [-0.25, -0.2) is 8.42 Å². The lowest BCUT2D eigenvalue weighted by atomic mass is 9.89. The molecule has 8 heteroatoms. The van der Waals surface area contributed by atoms with E-state index in [1.807, 2.05) is 51.3 Å². The summed E-state index contributed by atoms with van der Waals surface area (Å²) in [5.74, 6) is 0.389. The molecular weight excluding hydrogens is 420 g/mol. The molecule has 1 N–H and O–H groups in total. The van der Waals surface area contributed by atoms with E-state index < -0.39 is 15.6 Å². The van der Waals surface area contributed by atoms with Crippen LogP contribution >= 0.6 is 11.8 Å². The molecule has 0 unspecified atom stereocenters. The number of ether oxygens (including phenoxy) is 1. The lowest BCUT2D eigenvalue weighted by Gasteiger charge is -2.38. The van der Waals surface area contributed by atoms with Crippen molar-refractivity contribution in [2.45, 2.75) is 43.7 Å². The van der Waals surface area contributed by atoms with Gasteiger partial charge in [-0.2, -0.15) is 0 Å². The van der Waals surface area contributed by atoms with E-state index in [1.54, 1.807) is 18.2 Å². The number of anilines is 1. The molecule has 1 aliphatic rings. The first kappa shape index (κ1) is 22.5. The molecule has 0 aliphatic carbocycles. The summed E-state index contributed by atoms with van der Waals surface area (Å²) in [5.41, 5.74) is 2.02. The molecule has 30 heavy (non-hydrogen) atoms. The van der Waals surface area contributed by atoms with E-state index in [9.17, 15) is 13.2 Å². The second-order valence-corrected chi connectivity index (χ2v) is 11.0. The largest absolute Gasteiger partial charge is 0.487 e. The highest BCUT2D eigenvalue weighted by Crippen LogP contribution is 2.39. The Hall–Kier alpha value is -2.19. The van der Waals surface area contributed by atoms with Crippen LogP contribution in [0.3, 0.4) is 0 Å². The smallest absolute Gasteiger partial charge is 0.241 e. The van der Waals surface area contributed by atoms with Gasteiger partial charge >= 0.3 is 0 Å². The Morgan fingerprint density at radius 2 is 2.00 bits per heavy atom. The van der Waals surface area contributed by atoms with Gasteiger partial charge in [-0.3, -0.25) is 9.10 Å². The molecule has 1 atom stereocenters. The Morgan fingerprint density at radius 1 is 1.27 bits per heavy atom.